The van der Waals surface area contributed by atoms with Gasteiger partial charge in [-0.15, -0.1) is 0 Å². The maximum absolute atomic E-state index is 11.8. The second-order valence-electron chi connectivity index (χ2n) is 4.07. The van der Waals surface area contributed by atoms with Crippen LogP contribution in [0.3, 0.4) is 0 Å². The van der Waals surface area contributed by atoms with Gasteiger partial charge in [0, 0.05) is 37.4 Å². The minimum absolute atomic E-state index is 0.0540. The van der Waals surface area contributed by atoms with E-state index in [1.807, 2.05) is 30.3 Å². The summed E-state index contributed by atoms with van der Waals surface area (Å²) in [5.41, 5.74) is 1.00. The van der Waals surface area contributed by atoms with Gasteiger partial charge in [0.2, 0.25) is 0 Å². The van der Waals surface area contributed by atoms with Gasteiger partial charge in [-0.05, 0) is 23.8 Å². The maximum atomic E-state index is 11.8. The van der Waals surface area contributed by atoms with Gasteiger partial charge in [-0.3, -0.25) is 0 Å². The van der Waals surface area contributed by atoms with E-state index in [4.69, 9.17) is 11.6 Å². The Morgan fingerprint density at radius 2 is 1.94 bits per heavy atom. The zero-order chi connectivity index (χ0) is 12.8. The molecular formula is C13H16ClN3O. The van der Waals surface area contributed by atoms with E-state index >= 15 is 0 Å². The Hall–Kier alpha value is -1.52. The van der Waals surface area contributed by atoms with Crippen LogP contribution < -0.4 is 10.6 Å². The van der Waals surface area contributed by atoms with Gasteiger partial charge in [0.05, 0.1) is 0 Å². The Bertz CT molecular complexity index is 424. The number of hydrogen-bond acceptors (Lipinski definition) is 2. The number of rotatable bonds is 2. The van der Waals surface area contributed by atoms with E-state index in [1.54, 1.807) is 11.1 Å². The summed E-state index contributed by atoms with van der Waals surface area (Å²) < 4.78 is 0. The van der Waals surface area contributed by atoms with Crippen LogP contribution in [0.2, 0.25) is 5.02 Å². The average Bonchev–Trinajstić information content (AvgIpc) is 2.42. The lowest BCUT2D eigenvalue weighted by atomic mass is 10.2. The topological polar surface area (TPSA) is 44.4 Å². The molecule has 1 saturated heterocycles. The highest BCUT2D eigenvalue weighted by atomic mass is 35.5. The van der Waals surface area contributed by atoms with Crippen molar-refractivity contribution in [3.05, 3.63) is 41.1 Å². The molecule has 0 atom stereocenters. The highest BCUT2D eigenvalue weighted by Gasteiger charge is 2.14. The molecule has 1 fully saturated rings. The fourth-order valence-electron chi connectivity index (χ4n) is 1.74. The lowest BCUT2D eigenvalue weighted by Crippen LogP contribution is -2.49. The van der Waals surface area contributed by atoms with Crippen molar-refractivity contribution < 1.29 is 4.79 Å². The lowest BCUT2D eigenvalue weighted by Gasteiger charge is -2.26. The molecule has 0 radical (unpaired) electrons. The van der Waals surface area contributed by atoms with Crippen LogP contribution in [-0.2, 0) is 0 Å². The number of halogens is 1. The van der Waals surface area contributed by atoms with Gasteiger partial charge in [0.15, 0.2) is 0 Å². The van der Waals surface area contributed by atoms with Crippen molar-refractivity contribution in [2.24, 2.45) is 0 Å². The third-order valence-electron chi connectivity index (χ3n) is 2.76. The van der Waals surface area contributed by atoms with Crippen LogP contribution in [0, 0.1) is 0 Å². The minimum atomic E-state index is -0.0540. The van der Waals surface area contributed by atoms with Crippen LogP contribution in [0.4, 0.5) is 4.79 Å². The van der Waals surface area contributed by atoms with Crippen molar-refractivity contribution in [1.82, 2.24) is 15.5 Å². The number of urea groups is 1. The van der Waals surface area contributed by atoms with Gasteiger partial charge in [0.25, 0.3) is 0 Å². The molecule has 5 heteroatoms. The summed E-state index contributed by atoms with van der Waals surface area (Å²) >= 11 is 5.79. The molecule has 0 saturated carbocycles. The molecule has 2 amide bonds. The minimum Gasteiger partial charge on any atom is -0.322 e. The van der Waals surface area contributed by atoms with Crippen molar-refractivity contribution in [3.63, 3.8) is 0 Å². The van der Waals surface area contributed by atoms with Crippen LogP contribution in [0.15, 0.2) is 30.5 Å². The molecule has 1 aromatic carbocycles. The van der Waals surface area contributed by atoms with Crippen molar-refractivity contribution >= 4 is 23.7 Å². The largest absolute Gasteiger partial charge is 0.322 e. The van der Waals surface area contributed by atoms with Crippen LogP contribution >= 0.6 is 11.6 Å². The quantitative estimate of drug-likeness (QED) is 0.858. The Balaban J connectivity index is 1.83. The second kappa shape index (κ2) is 6.42. The molecule has 0 spiro atoms. The number of benzene rings is 1. The van der Waals surface area contributed by atoms with Gasteiger partial charge in [0.1, 0.15) is 0 Å². The fraction of sp³-hybridized carbons (Fsp3) is 0.308. The molecule has 2 rings (SSSR count). The highest BCUT2D eigenvalue weighted by molar-refractivity contribution is 6.30. The number of carbonyl (C=O) groups is 1. The third-order valence-corrected chi connectivity index (χ3v) is 3.01. The smallest absolute Gasteiger partial charge is 0.321 e. The summed E-state index contributed by atoms with van der Waals surface area (Å²) in [5.74, 6) is 0. The summed E-state index contributed by atoms with van der Waals surface area (Å²) in [6, 6.07) is 7.38. The molecule has 1 aliphatic rings. The summed E-state index contributed by atoms with van der Waals surface area (Å²) in [6.45, 7) is 3.21. The van der Waals surface area contributed by atoms with E-state index in [-0.39, 0.29) is 6.03 Å². The molecule has 0 aliphatic carbocycles. The molecule has 1 aromatic rings. The first-order chi connectivity index (χ1) is 8.75. The molecule has 1 heterocycles. The highest BCUT2D eigenvalue weighted by Crippen LogP contribution is 2.10. The number of amides is 2. The van der Waals surface area contributed by atoms with Gasteiger partial charge >= 0.3 is 6.03 Å². The SMILES string of the molecule is O=C(N/C=C/c1ccc(Cl)cc1)N1CCNCC1. The Morgan fingerprint density at radius 1 is 1.28 bits per heavy atom. The lowest BCUT2D eigenvalue weighted by molar-refractivity contribution is 0.194. The molecule has 2 N–H and O–H groups in total. The molecule has 4 nitrogen and oxygen atoms in total. The van der Waals surface area contributed by atoms with E-state index < -0.39 is 0 Å². The number of nitrogens with zero attached hydrogens (tertiary/aromatic N) is 1. The Morgan fingerprint density at radius 3 is 2.61 bits per heavy atom. The van der Waals surface area contributed by atoms with Gasteiger partial charge in [-0.1, -0.05) is 23.7 Å². The van der Waals surface area contributed by atoms with Crippen molar-refractivity contribution in [2.75, 3.05) is 26.2 Å². The number of hydrogen-bond donors (Lipinski definition) is 2. The molecule has 1 aliphatic heterocycles. The van der Waals surface area contributed by atoms with Crippen LogP contribution in [0.1, 0.15) is 5.56 Å². The third kappa shape index (κ3) is 3.75. The van der Waals surface area contributed by atoms with Gasteiger partial charge in [-0.2, -0.15) is 0 Å². The molecule has 96 valence electrons. The first-order valence-electron chi connectivity index (χ1n) is 5.94. The zero-order valence-corrected chi connectivity index (χ0v) is 10.8. The molecule has 0 bridgehead atoms. The van der Waals surface area contributed by atoms with Crippen LogP contribution in [0.5, 0.6) is 0 Å². The molecule has 0 unspecified atom stereocenters. The van der Waals surface area contributed by atoms with Gasteiger partial charge < -0.3 is 15.5 Å². The predicted molar refractivity (Wildman–Crippen MR) is 73.5 cm³/mol. The van der Waals surface area contributed by atoms with Crippen molar-refractivity contribution in [2.45, 2.75) is 0 Å². The monoisotopic (exact) mass is 265 g/mol. The molecule has 0 aromatic heterocycles. The van der Waals surface area contributed by atoms with E-state index in [1.165, 1.54) is 0 Å². The van der Waals surface area contributed by atoms with Crippen molar-refractivity contribution in [1.29, 1.82) is 0 Å². The summed E-state index contributed by atoms with van der Waals surface area (Å²) in [4.78, 5) is 13.6. The number of carbonyl (C=O) groups excluding carboxylic acids is 1. The van der Waals surface area contributed by atoms with Crippen molar-refractivity contribution in [3.8, 4) is 0 Å². The Labute approximate surface area is 112 Å². The van der Waals surface area contributed by atoms with Gasteiger partial charge in [-0.25, -0.2) is 4.79 Å². The summed E-state index contributed by atoms with van der Waals surface area (Å²) in [5, 5.41) is 6.67. The first-order valence-corrected chi connectivity index (χ1v) is 6.32. The van der Waals surface area contributed by atoms with E-state index in [2.05, 4.69) is 10.6 Å². The fourth-order valence-corrected chi connectivity index (χ4v) is 1.87. The first kappa shape index (κ1) is 12.9. The van der Waals surface area contributed by atoms with E-state index in [9.17, 15) is 4.79 Å². The normalized spacial score (nSPS) is 15.9. The predicted octanol–water partition coefficient (Wildman–Crippen LogP) is 1.93. The van der Waals surface area contributed by atoms with Crippen LogP contribution in [0.25, 0.3) is 6.08 Å². The standard InChI is InChI=1S/C13H16ClN3O/c14-12-3-1-11(2-4-12)5-6-16-13(18)17-9-7-15-8-10-17/h1-6,15H,7-10H2,(H,16,18)/b6-5+. The number of nitrogens with one attached hydrogen (secondary N) is 2. The molecule has 18 heavy (non-hydrogen) atoms. The number of piperazine rings is 1. The maximum Gasteiger partial charge on any atom is 0.321 e. The van der Waals surface area contributed by atoms with E-state index in [0.29, 0.717) is 5.02 Å². The Kier molecular flexibility index (Phi) is 4.61. The second-order valence-corrected chi connectivity index (χ2v) is 4.51. The summed E-state index contributed by atoms with van der Waals surface area (Å²) in [6.07, 6.45) is 3.50. The summed E-state index contributed by atoms with van der Waals surface area (Å²) in [7, 11) is 0. The van der Waals surface area contributed by atoms with E-state index in [0.717, 1.165) is 31.7 Å². The average molecular weight is 266 g/mol. The zero-order valence-electron chi connectivity index (χ0n) is 10.0. The molecular weight excluding hydrogens is 250 g/mol. The van der Waals surface area contributed by atoms with Crippen LogP contribution in [-0.4, -0.2) is 37.1 Å².